The van der Waals surface area contributed by atoms with Gasteiger partial charge in [-0.2, -0.15) is 10.4 Å². The highest BCUT2D eigenvalue weighted by molar-refractivity contribution is 7.09. The summed E-state index contributed by atoms with van der Waals surface area (Å²) in [6.45, 7) is 3.98. The molecule has 2 rings (SSSR count). The van der Waals surface area contributed by atoms with E-state index in [9.17, 15) is 0 Å². The lowest BCUT2D eigenvalue weighted by Gasteiger charge is -2.24. The van der Waals surface area contributed by atoms with Crippen molar-refractivity contribution in [2.24, 2.45) is 0 Å². The third kappa shape index (κ3) is 2.40. The summed E-state index contributed by atoms with van der Waals surface area (Å²) in [4.78, 5) is 4.26. The fraction of sp³-hybridized carbons (Fsp3) is 0.273. The summed E-state index contributed by atoms with van der Waals surface area (Å²) < 4.78 is 0. The molecule has 0 radical (unpaired) electrons. The molecule has 0 aliphatic rings. The van der Waals surface area contributed by atoms with Gasteiger partial charge in [-0.25, -0.2) is 4.98 Å². The first-order valence-electron chi connectivity index (χ1n) is 5.03. The molecule has 0 aliphatic carbocycles. The number of aromatic nitrogens is 3. The van der Waals surface area contributed by atoms with Crippen LogP contribution >= 0.6 is 11.3 Å². The molecule has 0 bridgehead atoms. The van der Waals surface area contributed by atoms with Crippen molar-refractivity contribution >= 4 is 17.2 Å². The molecule has 86 valence electrons. The predicted octanol–water partition coefficient (Wildman–Crippen LogP) is 2.15. The lowest BCUT2D eigenvalue weighted by Crippen LogP contribution is -2.28. The Hall–Kier alpha value is -2.00. The fourth-order valence-electron chi connectivity index (χ4n) is 1.40. The van der Waals surface area contributed by atoms with Crippen molar-refractivity contribution in [2.45, 2.75) is 19.4 Å². The van der Waals surface area contributed by atoms with E-state index in [0.29, 0.717) is 11.4 Å². The van der Waals surface area contributed by atoms with Gasteiger partial charge in [-0.05, 0) is 19.9 Å². The Kier molecular flexibility index (Phi) is 3.02. The Morgan fingerprint density at radius 2 is 2.24 bits per heavy atom. The fourth-order valence-corrected chi connectivity index (χ4v) is 2.11. The number of anilines is 1. The lowest BCUT2D eigenvalue weighted by atomic mass is 10.1. The second-order valence-electron chi connectivity index (χ2n) is 3.99. The number of nitriles is 1. The monoisotopic (exact) mass is 245 g/mol. The second kappa shape index (κ2) is 4.47. The van der Waals surface area contributed by atoms with Gasteiger partial charge in [0.2, 0.25) is 0 Å². The SMILES string of the molecule is CC(C)(Nc1nnccc1C#N)c1nccs1. The largest absolute Gasteiger partial charge is 0.356 e. The van der Waals surface area contributed by atoms with Gasteiger partial charge in [0, 0.05) is 11.6 Å². The van der Waals surface area contributed by atoms with Gasteiger partial charge in [0.1, 0.15) is 11.1 Å². The Morgan fingerprint density at radius 1 is 1.41 bits per heavy atom. The minimum Gasteiger partial charge on any atom is -0.356 e. The van der Waals surface area contributed by atoms with Crippen LogP contribution in [0.4, 0.5) is 5.82 Å². The third-order valence-electron chi connectivity index (χ3n) is 2.24. The van der Waals surface area contributed by atoms with Crippen molar-refractivity contribution in [3.8, 4) is 6.07 Å². The lowest BCUT2D eigenvalue weighted by molar-refractivity contribution is 0.598. The van der Waals surface area contributed by atoms with Gasteiger partial charge in [-0.3, -0.25) is 0 Å². The van der Waals surface area contributed by atoms with Crippen LogP contribution in [-0.4, -0.2) is 15.2 Å². The standard InChI is InChI=1S/C11H11N5S/c1-11(2,10-13-5-6-17-10)15-9-8(7-12)3-4-14-16-9/h3-6H,1-2H3,(H,15,16). The highest BCUT2D eigenvalue weighted by Gasteiger charge is 2.24. The van der Waals surface area contributed by atoms with Gasteiger partial charge in [0.05, 0.1) is 17.3 Å². The normalized spacial score (nSPS) is 10.9. The number of nitrogens with zero attached hydrogens (tertiary/aromatic N) is 4. The number of nitrogens with one attached hydrogen (secondary N) is 1. The van der Waals surface area contributed by atoms with E-state index in [1.165, 1.54) is 6.20 Å². The number of rotatable bonds is 3. The summed E-state index contributed by atoms with van der Waals surface area (Å²) >= 11 is 1.56. The molecule has 0 saturated carbocycles. The summed E-state index contributed by atoms with van der Waals surface area (Å²) in [6, 6.07) is 3.71. The van der Waals surface area contributed by atoms with Crippen molar-refractivity contribution in [1.29, 1.82) is 5.26 Å². The topological polar surface area (TPSA) is 74.5 Å². The summed E-state index contributed by atoms with van der Waals surface area (Å²) in [5.41, 5.74) is 0.0973. The summed E-state index contributed by atoms with van der Waals surface area (Å²) in [6.07, 6.45) is 3.26. The van der Waals surface area contributed by atoms with Crippen molar-refractivity contribution < 1.29 is 0 Å². The van der Waals surface area contributed by atoms with E-state index in [0.717, 1.165) is 5.01 Å². The molecule has 5 nitrogen and oxygen atoms in total. The molecule has 2 aromatic heterocycles. The zero-order valence-electron chi connectivity index (χ0n) is 9.51. The highest BCUT2D eigenvalue weighted by atomic mass is 32.1. The van der Waals surface area contributed by atoms with Gasteiger partial charge in [-0.15, -0.1) is 16.4 Å². The molecule has 0 saturated heterocycles. The Balaban J connectivity index is 2.30. The van der Waals surface area contributed by atoms with Crippen molar-refractivity contribution in [1.82, 2.24) is 15.2 Å². The first-order valence-corrected chi connectivity index (χ1v) is 5.91. The van der Waals surface area contributed by atoms with Crippen LogP contribution in [0.5, 0.6) is 0 Å². The molecule has 0 aromatic carbocycles. The van der Waals surface area contributed by atoms with E-state index in [2.05, 4.69) is 26.6 Å². The predicted molar refractivity (Wildman–Crippen MR) is 65.5 cm³/mol. The summed E-state index contributed by atoms with van der Waals surface area (Å²) in [5.74, 6) is 0.482. The van der Waals surface area contributed by atoms with Gasteiger partial charge in [-0.1, -0.05) is 0 Å². The van der Waals surface area contributed by atoms with E-state index < -0.39 is 0 Å². The molecule has 0 aliphatic heterocycles. The van der Waals surface area contributed by atoms with Crippen molar-refractivity contribution in [2.75, 3.05) is 5.32 Å². The van der Waals surface area contributed by atoms with Crippen LogP contribution < -0.4 is 5.32 Å². The van der Waals surface area contributed by atoms with E-state index in [4.69, 9.17) is 5.26 Å². The van der Waals surface area contributed by atoms with E-state index in [1.807, 2.05) is 19.2 Å². The third-order valence-corrected chi connectivity index (χ3v) is 3.34. The molecule has 0 fully saturated rings. The van der Waals surface area contributed by atoms with E-state index >= 15 is 0 Å². The van der Waals surface area contributed by atoms with E-state index in [-0.39, 0.29) is 5.54 Å². The van der Waals surface area contributed by atoms with Crippen LogP contribution in [0, 0.1) is 11.3 Å². The minimum absolute atomic E-state index is 0.379. The number of thiazole rings is 1. The number of hydrogen-bond acceptors (Lipinski definition) is 6. The van der Waals surface area contributed by atoms with Crippen LogP contribution in [0.3, 0.4) is 0 Å². The average molecular weight is 245 g/mol. The maximum atomic E-state index is 8.98. The van der Waals surface area contributed by atoms with Gasteiger partial charge < -0.3 is 5.32 Å². The van der Waals surface area contributed by atoms with Crippen LogP contribution in [0.2, 0.25) is 0 Å². The molecule has 2 heterocycles. The van der Waals surface area contributed by atoms with Crippen LogP contribution in [0.15, 0.2) is 23.8 Å². The van der Waals surface area contributed by atoms with Gasteiger partial charge in [0.15, 0.2) is 5.82 Å². The summed E-state index contributed by atoms with van der Waals surface area (Å²) in [5, 5.41) is 22.7. The first kappa shape index (κ1) is 11.5. The molecule has 17 heavy (non-hydrogen) atoms. The molecule has 0 unspecified atom stereocenters. The molecule has 0 atom stereocenters. The van der Waals surface area contributed by atoms with Crippen molar-refractivity contribution in [3.63, 3.8) is 0 Å². The molecule has 0 spiro atoms. The van der Waals surface area contributed by atoms with E-state index in [1.54, 1.807) is 23.6 Å². The molecular formula is C11H11N5S. The smallest absolute Gasteiger partial charge is 0.167 e. The maximum absolute atomic E-state index is 8.98. The molecule has 1 N–H and O–H groups in total. The molecule has 0 amide bonds. The van der Waals surface area contributed by atoms with Crippen molar-refractivity contribution in [3.05, 3.63) is 34.4 Å². The van der Waals surface area contributed by atoms with Crippen LogP contribution in [0.1, 0.15) is 24.4 Å². The Bertz CT molecular complexity index is 541. The van der Waals surface area contributed by atoms with Gasteiger partial charge >= 0.3 is 0 Å². The van der Waals surface area contributed by atoms with Crippen LogP contribution in [0.25, 0.3) is 0 Å². The molecule has 6 heteroatoms. The Morgan fingerprint density at radius 3 is 2.88 bits per heavy atom. The van der Waals surface area contributed by atoms with Crippen LogP contribution in [-0.2, 0) is 5.54 Å². The Labute approximate surface area is 103 Å². The highest BCUT2D eigenvalue weighted by Crippen LogP contribution is 2.27. The minimum atomic E-state index is -0.379. The maximum Gasteiger partial charge on any atom is 0.167 e. The molecular weight excluding hydrogens is 234 g/mol. The zero-order valence-corrected chi connectivity index (χ0v) is 10.3. The first-order chi connectivity index (χ1) is 8.13. The summed E-state index contributed by atoms with van der Waals surface area (Å²) in [7, 11) is 0. The zero-order chi connectivity index (χ0) is 12.3. The number of hydrogen-bond donors (Lipinski definition) is 1. The molecule has 2 aromatic rings. The second-order valence-corrected chi connectivity index (χ2v) is 4.89. The average Bonchev–Trinajstić information content (AvgIpc) is 2.83. The van der Waals surface area contributed by atoms with Gasteiger partial charge in [0.25, 0.3) is 0 Å². The quantitative estimate of drug-likeness (QED) is 0.896.